The molecule has 23 heavy (non-hydrogen) atoms. The van der Waals surface area contributed by atoms with Crippen molar-refractivity contribution < 1.29 is 19.4 Å². The number of fused-ring (bicyclic) bond motifs is 1. The topological polar surface area (TPSA) is 75.6 Å². The number of nitrogens with one attached hydrogen (secondary N) is 1. The molecule has 5 nitrogen and oxygen atoms in total. The lowest BCUT2D eigenvalue weighted by molar-refractivity contribution is -0.152. The van der Waals surface area contributed by atoms with E-state index in [0.717, 1.165) is 6.42 Å². The predicted molar refractivity (Wildman–Crippen MR) is 84.0 cm³/mol. The molecule has 0 saturated heterocycles. The molecule has 2 saturated carbocycles. The Morgan fingerprint density at radius 2 is 1.87 bits per heavy atom. The SMILES string of the molecule is COc1cccc(NC(=O)[C@@H]2[C@H]3C=C[C@@H]([C@@H]4C[C@H]34)[C@@H]2C(=O)O)c1. The van der Waals surface area contributed by atoms with E-state index in [-0.39, 0.29) is 17.7 Å². The highest BCUT2D eigenvalue weighted by molar-refractivity contribution is 5.96. The Labute approximate surface area is 134 Å². The van der Waals surface area contributed by atoms with Crippen molar-refractivity contribution in [3.05, 3.63) is 36.4 Å². The Morgan fingerprint density at radius 1 is 1.17 bits per heavy atom. The summed E-state index contributed by atoms with van der Waals surface area (Å²) < 4.78 is 5.16. The van der Waals surface area contributed by atoms with E-state index in [0.29, 0.717) is 23.3 Å². The van der Waals surface area contributed by atoms with Crippen LogP contribution in [0, 0.1) is 35.5 Å². The number of ether oxygens (including phenoxy) is 1. The average molecular weight is 313 g/mol. The second-order valence-electron chi connectivity index (χ2n) is 6.71. The van der Waals surface area contributed by atoms with E-state index >= 15 is 0 Å². The number of rotatable bonds is 4. The summed E-state index contributed by atoms with van der Waals surface area (Å²) in [6.07, 6.45) is 5.14. The van der Waals surface area contributed by atoms with Crippen LogP contribution in [-0.2, 0) is 9.59 Å². The van der Waals surface area contributed by atoms with Gasteiger partial charge in [-0.25, -0.2) is 0 Å². The van der Waals surface area contributed by atoms with E-state index in [2.05, 4.69) is 11.4 Å². The largest absolute Gasteiger partial charge is 0.497 e. The molecule has 0 aromatic heterocycles. The molecular formula is C18H19NO4. The Hall–Kier alpha value is -2.30. The lowest BCUT2D eigenvalue weighted by atomic mass is 9.62. The Bertz CT molecular complexity index is 698. The number of carboxylic acids is 1. The normalized spacial score (nSPS) is 36.2. The number of hydrogen-bond acceptors (Lipinski definition) is 3. The molecule has 0 radical (unpaired) electrons. The molecule has 0 aliphatic heterocycles. The number of amides is 1. The van der Waals surface area contributed by atoms with Crippen LogP contribution in [0.1, 0.15) is 6.42 Å². The van der Waals surface area contributed by atoms with E-state index < -0.39 is 17.8 Å². The molecule has 5 rings (SSSR count). The molecule has 0 heterocycles. The van der Waals surface area contributed by atoms with Crippen molar-refractivity contribution in [3.8, 4) is 5.75 Å². The molecule has 1 aromatic rings. The smallest absolute Gasteiger partial charge is 0.307 e. The van der Waals surface area contributed by atoms with Crippen molar-refractivity contribution in [2.75, 3.05) is 12.4 Å². The minimum atomic E-state index is -0.861. The number of carboxylic acid groups (broad SMARTS) is 1. The highest BCUT2D eigenvalue weighted by Gasteiger charge is 2.62. The molecule has 4 aliphatic carbocycles. The summed E-state index contributed by atoms with van der Waals surface area (Å²) in [4.78, 5) is 24.5. The van der Waals surface area contributed by atoms with Crippen LogP contribution in [0.15, 0.2) is 36.4 Å². The van der Waals surface area contributed by atoms with E-state index in [1.165, 1.54) is 0 Å². The summed E-state index contributed by atoms with van der Waals surface area (Å²) in [6, 6.07) is 7.13. The zero-order valence-electron chi connectivity index (χ0n) is 12.8. The van der Waals surface area contributed by atoms with Gasteiger partial charge in [0.25, 0.3) is 0 Å². The maximum absolute atomic E-state index is 12.8. The van der Waals surface area contributed by atoms with Gasteiger partial charge >= 0.3 is 5.97 Å². The molecule has 2 N–H and O–H groups in total. The first kappa shape index (κ1) is 14.3. The standard InChI is InChI=1S/C18H19NO4/c1-23-10-4-2-3-9(7-10)19-17(20)15-11-5-6-12(14-8-13(11)14)16(15)18(21)22/h2-7,11-16H,8H2,1H3,(H,19,20)(H,21,22)/t11-,12-,13+,14-,15+,16-/m0/s1. The van der Waals surface area contributed by atoms with Crippen molar-refractivity contribution in [2.24, 2.45) is 35.5 Å². The van der Waals surface area contributed by atoms with Gasteiger partial charge in [0.1, 0.15) is 5.75 Å². The maximum atomic E-state index is 12.8. The highest BCUT2D eigenvalue weighted by atomic mass is 16.5. The van der Waals surface area contributed by atoms with Gasteiger partial charge in [-0.15, -0.1) is 0 Å². The predicted octanol–water partition coefficient (Wildman–Crippen LogP) is 2.40. The second-order valence-corrected chi connectivity index (χ2v) is 6.71. The van der Waals surface area contributed by atoms with Gasteiger partial charge in [0.2, 0.25) is 5.91 Å². The van der Waals surface area contributed by atoms with Gasteiger partial charge in [-0.3, -0.25) is 9.59 Å². The molecule has 2 fully saturated rings. The number of allylic oxidation sites excluding steroid dienone is 2. The average Bonchev–Trinajstić information content (AvgIpc) is 3.36. The van der Waals surface area contributed by atoms with E-state index in [1.807, 2.05) is 6.08 Å². The second kappa shape index (κ2) is 5.11. The third-order valence-corrected chi connectivity index (χ3v) is 5.58. The Balaban J connectivity index is 1.59. The molecule has 0 spiro atoms. The van der Waals surface area contributed by atoms with Gasteiger partial charge in [-0.2, -0.15) is 0 Å². The lowest BCUT2D eigenvalue weighted by Crippen LogP contribution is -2.48. The van der Waals surface area contributed by atoms with Crippen molar-refractivity contribution in [1.82, 2.24) is 0 Å². The summed E-state index contributed by atoms with van der Waals surface area (Å²) >= 11 is 0. The minimum absolute atomic E-state index is 0.00330. The Kier molecular flexibility index (Phi) is 3.18. The summed E-state index contributed by atoms with van der Waals surface area (Å²) in [6.45, 7) is 0. The maximum Gasteiger partial charge on any atom is 0.307 e. The molecule has 1 aromatic carbocycles. The fourth-order valence-electron chi connectivity index (χ4n) is 4.50. The molecule has 0 unspecified atom stereocenters. The Morgan fingerprint density at radius 3 is 2.52 bits per heavy atom. The van der Waals surface area contributed by atoms with E-state index in [9.17, 15) is 14.7 Å². The van der Waals surface area contributed by atoms with Gasteiger partial charge in [0.15, 0.2) is 0 Å². The number of carbonyl (C=O) groups excluding carboxylic acids is 1. The molecular weight excluding hydrogens is 294 g/mol. The lowest BCUT2D eigenvalue weighted by Gasteiger charge is -2.41. The quantitative estimate of drug-likeness (QED) is 0.837. The molecule has 2 bridgehead atoms. The third-order valence-electron chi connectivity index (χ3n) is 5.58. The third kappa shape index (κ3) is 2.22. The van der Waals surface area contributed by atoms with Crippen LogP contribution in [-0.4, -0.2) is 24.1 Å². The van der Waals surface area contributed by atoms with Gasteiger partial charge in [-0.05, 0) is 42.2 Å². The molecule has 4 aliphatic rings. The van der Waals surface area contributed by atoms with E-state index in [4.69, 9.17) is 4.74 Å². The molecule has 1 amide bonds. The molecule has 6 atom stereocenters. The van der Waals surface area contributed by atoms with Crippen LogP contribution < -0.4 is 10.1 Å². The highest BCUT2D eigenvalue weighted by Crippen LogP contribution is 2.63. The number of benzene rings is 1. The van der Waals surface area contributed by atoms with Crippen LogP contribution in [0.3, 0.4) is 0 Å². The van der Waals surface area contributed by atoms with Crippen LogP contribution in [0.4, 0.5) is 5.69 Å². The van der Waals surface area contributed by atoms with Gasteiger partial charge < -0.3 is 15.2 Å². The summed E-state index contributed by atoms with van der Waals surface area (Å²) in [7, 11) is 1.57. The van der Waals surface area contributed by atoms with Crippen LogP contribution >= 0.6 is 0 Å². The molecule has 120 valence electrons. The zero-order chi connectivity index (χ0) is 16.1. The van der Waals surface area contributed by atoms with Crippen molar-refractivity contribution in [3.63, 3.8) is 0 Å². The minimum Gasteiger partial charge on any atom is -0.497 e. The first-order valence-corrected chi connectivity index (χ1v) is 7.96. The molecule has 5 heteroatoms. The monoisotopic (exact) mass is 313 g/mol. The summed E-state index contributed by atoms with van der Waals surface area (Å²) in [5.74, 6) is -0.494. The fourth-order valence-corrected chi connectivity index (χ4v) is 4.50. The first-order valence-electron chi connectivity index (χ1n) is 7.96. The first-order chi connectivity index (χ1) is 11.1. The number of methoxy groups -OCH3 is 1. The number of anilines is 1. The fraction of sp³-hybridized carbons (Fsp3) is 0.444. The summed E-state index contributed by atoms with van der Waals surface area (Å²) in [5, 5.41) is 12.5. The van der Waals surface area contributed by atoms with Gasteiger partial charge in [-0.1, -0.05) is 18.2 Å². The van der Waals surface area contributed by atoms with Gasteiger partial charge in [0.05, 0.1) is 18.9 Å². The van der Waals surface area contributed by atoms with Crippen LogP contribution in [0.2, 0.25) is 0 Å². The van der Waals surface area contributed by atoms with Crippen LogP contribution in [0.25, 0.3) is 0 Å². The zero-order valence-corrected chi connectivity index (χ0v) is 12.8. The van der Waals surface area contributed by atoms with Crippen molar-refractivity contribution >= 4 is 17.6 Å². The number of carbonyl (C=O) groups is 2. The van der Waals surface area contributed by atoms with Crippen LogP contribution in [0.5, 0.6) is 5.75 Å². The van der Waals surface area contributed by atoms with E-state index in [1.54, 1.807) is 31.4 Å². The van der Waals surface area contributed by atoms with Crippen molar-refractivity contribution in [1.29, 1.82) is 0 Å². The summed E-state index contributed by atoms with van der Waals surface area (Å²) in [5.41, 5.74) is 0.635. The number of aliphatic carboxylic acids is 1. The number of hydrogen-bond donors (Lipinski definition) is 2. The van der Waals surface area contributed by atoms with Crippen molar-refractivity contribution in [2.45, 2.75) is 6.42 Å². The van der Waals surface area contributed by atoms with Gasteiger partial charge in [0, 0.05) is 11.8 Å².